The second kappa shape index (κ2) is 7.79. The highest BCUT2D eigenvalue weighted by atomic mass is 16.7. The summed E-state index contributed by atoms with van der Waals surface area (Å²) in [7, 11) is 1.51. The maximum atomic E-state index is 10.9. The van der Waals surface area contributed by atoms with E-state index in [-0.39, 0.29) is 6.42 Å². The first kappa shape index (κ1) is 18.3. The predicted molar refractivity (Wildman–Crippen MR) is 97.3 cm³/mol. The predicted octanol–water partition coefficient (Wildman–Crippen LogP) is 4.43. The van der Waals surface area contributed by atoms with E-state index in [2.05, 4.69) is 0 Å². The molecule has 5 heteroatoms. The lowest BCUT2D eigenvalue weighted by Crippen LogP contribution is -2.41. The number of para-hydroxylation sites is 1. The van der Waals surface area contributed by atoms with Crippen molar-refractivity contribution in [2.45, 2.75) is 38.1 Å². The second-order valence-corrected chi connectivity index (χ2v) is 6.70. The van der Waals surface area contributed by atoms with Crippen LogP contribution < -0.4 is 9.47 Å². The van der Waals surface area contributed by atoms with Crippen molar-refractivity contribution in [3.05, 3.63) is 60.2 Å². The minimum Gasteiger partial charge on any atom is -0.481 e. The molecule has 0 aliphatic heterocycles. The van der Waals surface area contributed by atoms with Gasteiger partial charge >= 0.3 is 5.97 Å². The summed E-state index contributed by atoms with van der Waals surface area (Å²) in [6.45, 7) is 1.97. The van der Waals surface area contributed by atoms with Crippen molar-refractivity contribution in [2.75, 3.05) is 7.11 Å². The van der Waals surface area contributed by atoms with E-state index in [1.165, 1.54) is 7.11 Å². The average molecular weight is 356 g/mol. The van der Waals surface area contributed by atoms with E-state index in [1.807, 2.05) is 61.5 Å². The summed E-state index contributed by atoms with van der Waals surface area (Å²) in [5, 5.41) is 8.97. The number of carboxylic acid groups (broad SMARTS) is 1. The van der Waals surface area contributed by atoms with Crippen molar-refractivity contribution in [2.24, 2.45) is 5.92 Å². The van der Waals surface area contributed by atoms with Gasteiger partial charge < -0.3 is 19.3 Å². The van der Waals surface area contributed by atoms with E-state index in [9.17, 15) is 4.79 Å². The van der Waals surface area contributed by atoms with Crippen LogP contribution in [0.2, 0.25) is 0 Å². The molecule has 1 aliphatic carbocycles. The van der Waals surface area contributed by atoms with E-state index in [1.54, 1.807) is 0 Å². The summed E-state index contributed by atoms with van der Waals surface area (Å²) >= 11 is 0. The maximum absolute atomic E-state index is 10.9. The standard InChI is InChI=1S/C21H24O5/c1-21(16-10-11-16,25-17-6-4-3-5-7-17)26-18-12-8-15(9-13-18)19(24-2)14-20(22)23/h3-9,12-13,16,19H,10-11,14H2,1-2H3,(H,22,23). The molecule has 0 amide bonds. The van der Waals surface area contributed by atoms with Gasteiger partial charge in [0, 0.05) is 20.0 Å². The van der Waals surface area contributed by atoms with Crippen LogP contribution in [0.1, 0.15) is 37.9 Å². The Balaban J connectivity index is 1.72. The lowest BCUT2D eigenvalue weighted by Gasteiger charge is -2.31. The van der Waals surface area contributed by atoms with Crippen LogP contribution in [0.5, 0.6) is 11.5 Å². The molecule has 2 unspecified atom stereocenters. The number of benzene rings is 2. The van der Waals surface area contributed by atoms with Crippen molar-refractivity contribution in [3.8, 4) is 11.5 Å². The Morgan fingerprint density at radius 3 is 2.15 bits per heavy atom. The van der Waals surface area contributed by atoms with Crippen LogP contribution in [0.4, 0.5) is 0 Å². The summed E-state index contributed by atoms with van der Waals surface area (Å²) in [4.78, 5) is 10.9. The number of ether oxygens (including phenoxy) is 3. The molecule has 3 rings (SSSR count). The van der Waals surface area contributed by atoms with Gasteiger partial charge in [-0.3, -0.25) is 4.79 Å². The summed E-state index contributed by atoms with van der Waals surface area (Å²) in [5.41, 5.74) is 0.805. The topological polar surface area (TPSA) is 65.0 Å². The molecule has 1 fully saturated rings. The number of carbonyl (C=O) groups is 1. The molecule has 1 aliphatic rings. The van der Waals surface area contributed by atoms with Gasteiger partial charge in [0.05, 0.1) is 12.5 Å². The zero-order valence-electron chi connectivity index (χ0n) is 15.1. The normalized spacial score (nSPS) is 17.2. The minimum absolute atomic E-state index is 0.0758. The fourth-order valence-corrected chi connectivity index (χ4v) is 3.00. The fraction of sp³-hybridized carbons (Fsp3) is 0.381. The van der Waals surface area contributed by atoms with Gasteiger partial charge in [0.25, 0.3) is 5.79 Å². The molecular formula is C21H24O5. The molecule has 2 aromatic carbocycles. The fourth-order valence-electron chi connectivity index (χ4n) is 3.00. The van der Waals surface area contributed by atoms with Crippen molar-refractivity contribution in [1.29, 1.82) is 0 Å². The molecular weight excluding hydrogens is 332 g/mol. The number of methoxy groups -OCH3 is 1. The molecule has 138 valence electrons. The Kier molecular flexibility index (Phi) is 5.47. The van der Waals surface area contributed by atoms with Crippen molar-refractivity contribution in [3.63, 3.8) is 0 Å². The lowest BCUT2D eigenvalue weighted by atomic mass is 10.1. The largest absolute Gasteiger partial charge is 0.481 e. The Morgan fingerprint density at radius 2 is 1.65 bits per heavy atom. The van der Waals surface area contributed by atoms with E-state index in [0.29, 0.717) is 11.7 Å². The van der Waals surface area contributed by atoms with Gasteiger partial charge in [-0.2, -0.15) is 0 Å². The van der Waals surface area contributed by atoms with Crippen LogP contribution in [-0.2, 0) is 9.53 Å². The monoisotopic (exact) mass is 356 g/mol. The third kappa shape index (κ3) is 4.55. The highest BCUT2D eigenvalue weighted by molar-refractivity contribution is 5.67. The summed E-state index contributed by atoms with van der Waals surface area (Å²) < 4.78 is 17.6. The summed E-state index contributed by atoms with van der Waals surface area (Å²) in [6.07, 6.45) is 1.60. The van der Waals surface area contributed by atoms with Crippen LogP contribution in [0, 0.1) is 5.92 Å². The lowest BCUT2D eigenvalue weighted by molar-refractivity contribution is -0.139. The molecule has 26 heavy (non-hydrogen) atoms. The van der Waals surface area contributed by atoms with E-state index in [4.69, 9.17) is 19.3 Å². The van der Waals surface area contributed by atoms with Gasteiger partial charge in [-0.05, 0) is 42.7 Å². The third-order valence-electron chi connectivity index (χ3n) is 4.60. The van der Waals surface area contributed by atoms with Crippen LogP contribution in [0.25, 0.3) is 0 Å². The number of hydrogen-bond donors (Lipinski definition) is 1. The molecule has 0 radical (unpaired) electrons. The van der Waals surface area contributed by atoms with Crippen LogP contribution in [0.3, 0.4) is 0 Å². The number of hydrogen-bond acceptors (Lipinski definition) is 4. The zero-order chi connectivity index (χ0) is 18.6. The maximum Gasteiger partial charge on any atom is 0.306 e. The first-order valence-corrected chi connectivity index (χ1v) is 8.78. The van der Waals surface area contributed by atoms with Crippen LogP contribution >= 0.6 is 0 Å². The van der Waals surface area contributed by atoms with Gasteiger partial charge in [-0.25, -0.2) is 0 Å². The number of rotatable bonds is 9. The second-order valence-electron chi connectivity index (χ2n) is 6.70. The average Bonchev–Trinajstić information content (AvgIpc) is 3.47. The first-order chi connectivity index (χ1) is 12.5. The molecule has 2 atom stereocenters. The molecule has 1 saturated carbocycles. The first-order valence-electron chi connectivity index (χ1n) is 8.78. The minimum atomic E-state index is -0.894. The van der Waals surface area contributed by atoms with E-state index in [0.717, 1.165) is 24.2 Å². The Bertz CT molecular complexity index is 724. The van der Waals surface area contributed by atoms with Crippen molar-refractivity contribution in [1.82, 2.24) is 0 Å². The SMILES string of the molecule is COC(CC(=O)O)c1ccc(OC(C)(Oc2ccccc2)C2CC2)cc1. The Morgan fingerprint density at radius 1 is 1.08 bits per heavy atom. The van der Waals surface area contributed by atoms with Crippen LogP contribution in [0.15, 0.2) is 54.6 Å². The number of carboxylic acids is 1. The third-order valence-corrected chi connectivity index (χ3v) is 4.60. The highest BCUT2D eigenvalue weighted by Gasteiger charge is 2.46. The smallest absolute Gasteiger partial charge is 0.306 e. The quantitative estimate of drug-likeness (QED) is 0.673. The molecule has 1 N–H and O–H groups in total. The molecule has 0 heterocycles. The van der Waals surface area contributed by atoms with Gasteiger partial charge in [0.15, 0.2) is 0 Å². The summed E-state index contributed by atoms with van der Waals surface area (Å²) in [5.74, 6) is 0.185. The van der Waals surface area contributed by atoms with Crippen molar-refractivity contribution >= 4 is 5.97 Å². The number of aliphatic carboxylic acids is 1. The molecule has 5 nitrogen and oxygen atoms in total. The van der Waals surface area contributed by atoms with Gasteiger partial charge in [0.2, 0.25) is 0 Å². The zero-order valence-corrected chi connectivity index (χ0v) is 15.1. The highest BCUT2D eigenvalue weighted by Crippen LogP contribution is 2.43. The summed E-state index contributed by atoms with van der Waals surface area (Å²) in [6, 6.07) is 17.0. The van der Waals surface area contributed by atoms with E-state index < -0.39 is 17.9 Å². The van der Waals surface area contributed by atoms with Crippen LogP contribution in [-0.4, -0.2) is 24.0 Å². The van der Waals surface area contributed by atoms with E-state index >= 15 is 0 Å². The molecule has 0 spiro atoms. The molecule has 0 aromatic heterocycles. The molecule has 2 aromatic rings. The van der Waals surface area contributed by atoms with Crippen molar-refractivity contribution < 1.29 is 24.1 Å². The van der Waals surface area contributed by atoms with Gasteiger partial charge in [0.1, 0.15) is 11.5 Å². The molecule has 0 bridgehead atoms. The Hall–Kier alpha value is -2.53. The molecule has 0 saturated heterocycles. The van der Waals surface area contributed by atoms with Gasteiger partial charge in [-0.15, -0.1) is 0 Å². The van der Waals surface area contributed by atoms with Gasteiger partial charge in [-0.1, -0.05) is 30.3 Å². The Labute approximate surface area is 153 Å².